The molecule has 1 aromatic rings. The van der Waals surface area contributed by atoms with Gasteiger partial charge in [-0.3, -0.25) is 0 Å². The Balaban J connectivity index is 2.12. The predicted molar refractivity (Wildman–Crippen MR) is 53.1 cm³/mol. The summed E-state index contributed by atoms with van der Waals surface area (Å²) in [6.07, 6.45) is 3.17. The van der Waals surface area contributed by atoms with Crippen molar-refractivity contribution in [3.05, 3.63) is 11.8 Å². The molecule has 78 valence electrons. The van der Waals surface area contributed by atoms with Gasteiger partial charge in [-0.15, -0.1) is 10.2 Å². The summed E-state index contributed by atoms with van der Waals surface area (Å²) < 4.78 is 5.58. The van der Waals surface area contributed by atoms with Crippen molar-refractivity contribution in [2.24, 2.45) is 0 Å². The van der Waals surface area contributed by atoms with Crippen molar-refractivity contribution in [1.82, 2.24) is 15.5 Å². The van der Waals surface area contributed by atoms with Gasteiger partial charge in [-0.2, -0.15) is 0 Å². The Morgan fingerprint density at radius 3 is 3.00 bits per heavy atom. The van der Waals surface area contributed by atoms with Crippen LogP contribution in [-0.2, 0) is 6.42 Å². The summed E-state index contributed by atoms with van der Waals surface area (Å²) >= 11 is 0. The highest BCUT2D eigenvalue weighted by molar-refractivity contribution is 4.98. The molecular formula is C10H17N3O. The molecule has 4 heteroatoms. The number of piperidine rings is 1. The van der Waals surface area contributed by atoms with E-state index in [4.69, 9.17) is 4.42 Å². The average molecular weight is 195 g/mol. The van der Waals surface area contributed by atoms with Crippen LogP contribution in [-0.4, -0.2) is 22.8 Å². The van der Waals surface area contributed by atoms with Crippen molar-refractivity contribution in [3.8, 4) is 0 Å². The summed E-state index contributed by atoms with van der Waals surface area (Å²) in [5, 5.41) is 11.5. The average Bonchev–Trinajstić information content (AvgIpc) is 2.67. The molecule has 0 amide bonds. The number of hydrogen-bond donors (Lipinski definition) is 1. The Morgan fingerprint density at radius 1 is 1.50 bits per heavy atom. The molecule has 0 saturated carbocycles. The van der Waals surface area contributed by atoms with Crippen molar-refractivity contribution in [3.63, 3.8) is 0 Å². The summed E-state index contributed by atoms with van der Waals surface area (Å²) in [5.41, 5.74) is 0. The minimum Gasteiger partial charge on any atom is -0.425 e. The second kappa shape index (κ2) is 4.09. The fraction of sp³-hybridized carbons (Fsp3) is 0.800. The zero-order chi connectivity index (χ0) is 9.97. The molecule has 0 bridgehead atoms. The van der Waals surface area contributed by atoms with Crippen LogP contribution < -0.4 is 5.32 Å². The topological polar surface area (TPSA) is 51.0 Å². The Labute approximate surface area is 84.1 Å². The van der Waals surface area contributed by atoms with E-state index in [1.54, 1.807) is 0 Å². The first-order valence-electron chi connectivity index (χ1n) is 5.37. The lowest BCUT2D eigenvalue weighted by atomic mass is 9.92. The van der Waals surface area contributed by atoms with Crippen LogP contribution in [0.1, 0.15) is 44.4 Å². The molecule has 1 aliphatic heterocycles. The van der Waals surface area contributed by atoms with Gasteiger partial charge >= 0.3 is 0 Å². The summed E-state index contributed by atoms with van der Waals surface area (Å²) in [4.78, 5) is 0. The SMILES string of the molecule is CCc1nnc([C@@H]2CCCN[C@@H]2C)o1. The van der Waals surface area contributed by atoms with Crippen LogP contribution in [0.5, 0.6) is 0 Å². The molecule has 1 saturated heterocycles. The monoisotopic (exact) mass is 195 g/mol. The lowest BCUT2D eigenvalue weighted by Gasteiger charge is -2.26. The molecule has 14 heavy (non-hydrogen) atoms. The highest BCUT2D eigenvalue weighted by Gasteiger charge is 2.26. The molecule has 1 aromatic heterocycles. The normalized spacial score (nSPS) is 27.9. The third-order valence-corrected chi connectivity index (χ3v) is 2.86. The molecule has 2 heterocycles. The van der Waals surface area contributed by atoms with Gasteiger partial charge in [-0.05, 0) is 26.3 Å². The van der Waals surface area contributed by atoms with Crippen molar-refractivity contribution < 1.29 is 4.42 Å². The van der Waals surface area contributed by atoms with E-state index in [2.05, 4.69) is 22.4 Å². The summed E-state index contributed by atoms with van der Waals surface area (Å²) in [5.74, 6) is 1.95. The largest absolute Gasteiger partial charge is 0.425 e. The van der Waals surface area contributed by atoms with Gasteiger partial charge in [-0.25, -0.2) is 0 Å². The molecule has 1 aliphatic rings. The molecule has 4 nitrogen and oxygen atoms in total. The van der Waals surface area contributed by atoms with E-state index in [9.17, 15) is 0 Å². The highest BCUT2D eigenvalue weighted by Crippen LogP contribution is 2.26. The van der Waals surface area contributed by atoms with Gasteiger partial charge < -0.3 is 9.73 Å². The first-order chi connectivity index (χ1) is 6.81. The first kappa shape index (κ1) is 9.65. The fourth-order valence-electron chi connectivity index (χ4n) is 1.94. The molecule has 1 fully saturated rings. The van der Waals surface area contributed by atoms with E-state index in [1.165, 1.54) is 6.42 Å². The van der Waals surface area contributed by atoms with E-state index in [0.29, 0.717) is 12.0 Å². The maximum atomic E-state index is 5.58. The molecule has 0 spiro atoms. The minimum absolute atomic E-state index is 0.400. The van der Waals surface area contributed by atoms with Crippen LogP contribution in [0.15, 0.2) is 4.42 Å². The van der Waals surface area contributed by atoms with Gasteiger partial charge in [0.05, 0.1) is 5.92 Å². The number of nitrogens with one attached hydrogen (secondary N) is 1. The standard InChI is InChI=1S/C10H17N3O/c1-3-9-12-13-10(14-9)8-5-4-6-11-7(8)2/h7-8,11H,3-6H2,1-2H3/t7-,8-/m1/s1. The smallest absolute Gasteiger partial charge is 0.221 e. The Morgan fingerprint density at radius 2 is 2.36 bits per heavy atom. The van der Waals surface area contributed by atoms with Gasteiger partial charge in [-0.1, -0.05) is 6.92 Å². The third kappa shape index (κ3) is 1.80. The second-order valence-electron chi connectivity index (χ2n) is 3.88. The van der Waals surface area contributed by atoms with Crippen molar-refractivity contribution in [1.29, 1.82) is 0 Å². The van der Waals surface area contributed by atoms with Gasteiger partial charge in [0.1, 0.15) is 0 Å². The summed E-state index contributed by atoms with van der Waals surface area (Å²) in [6, 6.07) is 0.453. The summed E-state index contributed by atoms with van der Waals surface area (Å²) in [7, 11) is 0. The first-order valence-corrected chi connectivity index (χ1v) is 5.37. The van der Waals surface area contributed by atoms with Crippen LogP contribution in [0.25, 0.3) is 0 Å². The van der Waals surface area contributed by atoms with Crippen molar-refractivity contribution in [2.45, 2.75) is 45.1 Å². The van der Waals surface area contributed by atoms with Crippen molar-refractivity contribution in [2.75, 3.05) is 6.54 Å². The van der Waals surface area contributed by atoms with Crippen LogP contribution >= 0.6 is 0 Å². The molecule has 0 aliphatic carbocycles. The van der Waals surface area contributed by atoms with E-state index in [-0.39, 0.29) is 0 Å². The van der Waals surface area contributed by atoms with Gasteiger partial charge in [0.25, 0.3) is 0 Å². The maximum Gasteiger partial charge on any atom is 0.221 e. The van der Waals surface area contributed by atoms with E-state index in [0.717, 1.165) is 31.2 Å². The van der Waals surface area contributed by atoms with E-state index in [1.807, 2.05) is 6.92 Å². The number of nitrogens with zero attached hydrogens (tertiary/aromatic N) is 2. The molecule has 2 rings (SSSR count). The Hall–Kier alpha value is -0.900. The summed E-state index contributed by atoms with van der Waals surface area (Å²) in [6.45, 7) is 5.31. The number of hydrogen-bond acceptors (Lipinski definition) is 4. The number of aromatic nitrogens is 2. The highest BCUT2D eigenvalue weighted by atomic mass is 16.4. The third-order valence-electron chi connectivity index (χ3n) is 2.86. The molecular weight excluding hydrogens is 178 g/mol. The molecule has 0 unspecified atom stereocenters. The van der Waals surface area contributed by atoms with Gasteiger partial charge in [0, 0.05) is 12.5 Å². The molecule has 0 radical (unpaired) electrons. The zero-order valence-electron chi connectivity index (χ0n) is 8.79. The zero-order valence-corrected chi connectivity index (χ0v) is 8.79. The van der Waals surface area contributed by atoms with Gasteiger partial charge in [0.15, 0.2) is 0 Å². The Kier molecular flexibility index (Phi) is 2.82. The lowest BCUT2D eigenvalue weighted by Crippen LogP contribution is -2.37. The van der Waals surface area contributed by atoms with Crippen molar-refractivity contribution >= 4 is 0 Å². The number of rotatable bonds is 2. The maximum absolute atomic E-state index is 5.58. The van der Waals surface area contributed by atoms with Gasteiger partial charge in [0.2, 0.25) is 11.8 Å². The fourth-order valence-corrected chi connectivity index (χ4v) is 1.94. The van der Waals surface area contributed by atoms with E-state index >= 15 is 0 Å². The molecule has 1 N–H and O–H groups in total. The van der Waals surface area contributed by atoms with Crippen LogP contribution in [0.4, 0.5) is 0 Å². The Bertz CT molecular complexity index is 297. The molecule has 2 atom stereocenters. The van der Waals surface area contributed by atoms with Crippen LogP contribution in [0, 0.1) is 0 Å². The lowest BCUT2D eigenvalue weighted by molar-refractivity contribution is 0.310. The number of aryl methyl sites for hydroxylation is 1. The quantitative estimate of drug-likeness (QED) is 0.776. The van der Waals surface area contributed by atoms with Crippen LogP contribution in [0.3, 0.4) is 0 Å². The minimum atomic E-state index is 0.400. The molecule has 0 aromatic carbocycles. The van der Waals surface area contributed by atoms with Crippen LogP contribution in [0.2, 0.25) is 0 Å². The second-order valence-corrected chi connectivity index (χ2v) is 3.88. The van der Waals surface area contributed by atoms with E-state index < -0.39 is 0 Å². The predicted octanol–water partition coefficient (Wildman–Crippen LogP) is 1.49.